The highest BCUT2D eigenvalue weighted by atomic mass is 16.5. The molecule has 4 aromatic carbocycles. The van der Waals surface area contributed by atoms with Gasteiger partial charge in [-0.15, -0.1) is 0 Å². The highest BCUT2D eigenvalue weighted by Crippen LogP contribution is 2.30. The number of nitrogens with zero attached hydrogens (tertiary/aromatic N) is 4. The van der Waals surface area contributed by atoms with Crippen molar-refractivity contribution in [3.8, 4) is 33.6 Å². The van der Waals surface area contributed by atoms with E-state index < -0.39 is 18.2 Å². The number of aromatic amines is 2. The Bertz CT molecular complexity index is 2340. The molecule has 1 atom stereocenters. The fourth-order valence-electron chi connectivity index (χ4n) is 6.83. The number of methoxy groups -OCH3 is 2. The van der Waals surface area contributed by atoms with Crippen LogP contribution in [0.2, 0.25) is 0 Å². The van der Waals surface area contributed by atoms with Crippen molar-refractivity contribution in [1.29, 1.82) is 0 Å². The van der Waals surface area contributed by atoms with Crippen LogP contribution in [0.5, 0.6) is 0 Å². The van der Waals surface area contributed by atoms with Crippen LogP contribution in [0, 0.1) is 0 Å². The quantitative estimate of drug-likeness (QED) is 0.0721. The van der Waals surface area contributed by atoms with Crippen LogP contribution in [0.3, 0.4) is 0 Å². The van der Waals surface area contributed by atoms with E-state index in [1.165, 1.54) is 14.2 Å². The molecule has 6 aromatic rings. The van der Waals surface area contributed by atoms with Crippen LogP contribution < -0.4 is 10.6 Å². The molecule has 0 saturated heterocycles. The van der Waals surface area contributed by atoms with Gasteiger partial charge in [-0.05, 0) is 58.0 Å². The van der Waals surface area contributed by atoms with Gasteiger partial charge in [0, 0.05) is 24.4 Å². The Labute approximate surface area is 338 Å². The molecule has 300 valence electrons. The third-order valence-electron chi connectivity index (χ3n) is 9.85. The molecule has 13 heteroatoms. The fourth-order valence-corrected chi connectivity index (χ4v) is 6.83. The number of aromatic nitrogens is 4. The summed E-state index contributed by atoms with van der Waals surface area (Å²) in [5.74, 6) is 1.23. The van der Waals surface area contributed by atoms with Crippen molar-refractivity contribution < 1.29 is 23.9 Å². The van der Waals surface area contributed by atoms with E-state index in [9.17, 15) is 14.4 Å². The number of carbonyl (C=O) groups is 3. The van der Waals surface area contributed by atoms with Crippen LogP contribution in [0.1, 0.15) is 49.9 Å². The molecule has 13 nitrogen and oxygen atoms in total. The van der Waals surface area contributed by atoms with Gasteiger partial charge in [0.25, 0.3) is 0 Å². The Hall–Kier alpha value is -6.89. The van der Waals surface area contributed by atoms with E-state index >= 15 is 0 Å². The summed E-state index contributed by atoms with van der Waals surface area (Å²) in [5.41, 5.74) is 7.60. The summed E-state index contributed by atoms with van der Waals surface area (Å²) in [5, 5.41) is 7.61. The standard InChI is InChI=1S/C45H50N8O5/c1-6-21-52(30(3)43(51-45(56)58-5)33-11-9-8-10-12-33)28-40-47-26-39(50-40)37-20-19-35-23-34(17-18-36(35)24-37)31-13-15-32(16-14-31)38-25-46-41(49-38)29-53(22-7-2)42(54)27-48-44(55)57-4/h8-20,23-26,43H,3,6-7,21-22,27-29H2,1-2,4-5H3,(H,46,49)(H,47,50)(H,48,55)(H,51,56)/t43-/m0/s1. The second-order valence-electron chi connectivity index (χ2n) is 13.9. The highest BCUT2D eigenvalue weighted by molar-refractivity contribution is 5.90. The summed E-state index contributed by atoms with van der Waals surface area (Å²) in [4.78, 5) is 56.3. The van der Waals surface area contributed by atoms with Gasteiger partial charge in [0.15, 0.2) is 0 Å². The molecule has 3 amide bonds. The first-order valence-corrected chi connectivity index (χ1v) is 19.3. The summed E-state index contributed by atoms with van der Waals surface area (Å²) in [6, 6.07) is 30.4. The lowest BCUT2D eigenvalue weighted by Crippen LogP contribution is -2.40. The van der Waals surface area contributed by atoms with Gasteiger partial charge in [-0.3, -0.25) is 4.79 Å². The van der Waals surface area contributed by atoms with Crippen LogP contribution >= 0.6 is 0 Å². The van der Waals surface area contributed by atoms with E-state index in [-0.39, 0.29) is 12.5 Å². The van der Waals surface area contributed by atoms with Crippen molar-refractivity contribution in [1.82, 2.24) is 40.4 Å². The number of nitrogens with one attached hydrogen (secondary N) is 4. The first-order chi connectivity index (χ1) is 28.2. The Morgan fingerprint density at radius 3 is 1.84 bits per heavy atom. The molecule has 0 aliphatic heterocycles. The van der Waals surface area contributed by atoms with Crippen molar-refractivity contribution in [3.63, 3.8) is 0 Å². The van der Waals surface area contributed by atoms with Crippen LogP contribution in [0.4, 0.5) is 9.59 Å². The molecule has 2 aromatic heterocycles. The Morgan fingerprint density at radius 1 is 0.690 bits per heavy atom. The maximum absolute atomic E-state index is 12.7. The van der Waals surface area contributed by atoms with E-state index in [0.29, 0.717) is 25.5 Å². The zero-order valence-corrected chi connectivity index (χ0v) is 33.4. The summed E-state index contributed by atoms with van der Waals surface area (Å²) in [6.45, 7) is 10.4. The molecular formula is C45H50N8O5. The van der Waals surface area contributed by atoms with E-state index in [1.807, 2.05) is 43.5 Å². The van der Waals surface area contributed by atoms with Crippen LogP contribution in [0.15, 0.2) is 116 Å². The number of amides is 3. The minimum atomic E-state index is -0.646. The lowest BCUT2D eigenvalue weighted by atomic mass is 9.98. The van der Waals surface area contributed by atoms with Gasteiger partial charge in [0.1, 0.15) is 18.2 Å². The van der Waals surface area contributed by atoms with Gasteiger partial charge < -0.3 is 39.9 Å². The lowest BCUT2D eigenvalue weighted by molar-refractivity contribution is -0.130. The van der Waals surface area contributed by atoms with Crippen molar-refractivity contribution in [3.05, 3.63) is 133 Å². The average molecular weight is 783 g/mol. The molecular weight excluding hydrogens is 733 g/mol. The number of carbonyl (C=O) groups excluding carboxylic acids is 3. The fraction of sp³-hybridized carbons (Fsp3) is 0.267. The minimum Gasteiger partial charge on any atom is -0.453 e. The number of ether oxygens (including phenoxy) is 2. The molecule has 4 N–H and O–H groups in total. The van der Waals surface area contributed by atoms with Crippen molar-refractivity contribution in [2.75, 3.05) is 33.9 Å². The number of fused-ring (bicyclic) bond motifs is 1. The number of hydrogen-bond donors (Lipinski definition) is 4. The van der Waals surface area contributed by atoms with Gasteiger partial charge >= 0.3 is 12.2 Å². The molecule has 0 radical (unpaired) electrons. The highest BCUT2D eigenvalue weighted by Gasteiger charge is 2.23. The summed E-state index contributed by atoms with van der Waals surface area (Å²) in [6.07, 6.45) is 4.11. The van der Waals surface area contributed by atoms with Gasteiger partial charge in [-0.1, -0.05) is 99.3 Å². The third-order valence-corrected chi connectivity index (χ3v) is 9.85. The maximum atomic E-state index is 12.7. The zero-order valence-electron chi connectivity index (χ0n) is 33.4. The second-order valence-corrected chi connectivity index (χ2v) is 13.9. The van der Waals surface area contributed by atoms with Crippen molar-refractivity contribution >= 4 is 28.9 Å². The smallest absolute Gasteiger partial charge is 0.407 e. The summed E-state index contributed by atoms with van der Waals surface area (Å²) in [7, 11) is 2.61. The third kappa shape index (κ3) is 10.1. The van der Waals surface area contributed by atoms with E-state index in [4.69, 9.17) is 9.72 Å². The molecule has 2 heterocycles. The SMILES string of the molecule is C=C([C@H](NC(=O)OC)c1ccccc1)N(CCC)Cc1ncc(-c2ccc3cc(-c4ccc(-c5cnc(CN(CCC)C(=O)CNC(=O)OC)[nH]5)cc4)ccc3c2)[nH]1. The van der Waals surface area contributed by atoms with Crippen LogP contribution in [-0.4, -0.2) is 81.7 Å². The molecule has 0 aliphatic carbocycles. The first-order valence-electron chi connectivity index (χ1n) is 19.3. The maximum Gasteiger partial charge on any atom is 0.407 e. The van der Waals surface area contributed by atoms with Gasteiger partial charge in [0.2, 0.25) is 5.91 Å². The van der Waals surface area contributed by atoms with Gasteiger partial charge in [-0.2, -0.15) is 0 Å². The number of H-pyrrole nitrogens is 2. The van der Waals surface area contributed by atoms with Gasteiger partial charge in [0.05, 0.1) is 57.1 Å². The summed E-state index contributed by atoms with van der Waals surface area (Å²) >= 11 is 0. The van der Waals surface area contributed by atoms with E-state index in [0.717, 1.165) is 80.9 Å². The molecule has 0 fully saturated rings. The van der Waals surface area contributed by atoms with E-state index in [1.54, 1.807) is 11.1 Å². The number of imidazole rings is 2. The number of benzene rings is 4. The normalized spacial score (nSPS) is 11.4. The van der Waals surface area contributed by atoms with E-state index in [2.05, 4.69) is 109 Å². The number of alkyl carbamates (subject to hydrolysis) is 2. The predicted octanol–water partition coefficient (Wildman–Crippen LogP) is 8.20. The molecule has 0 aliphatic rings. The van der Waals surface area contributed by atoms with Crippen molar-refractivity contribution in [2.45, 2.75) is 45.8 Å². The first kappa shape index (κ1) is 40.8. The minimum absolute atomic E-state index is 0.143. The monoisotopic (exact) mass is 782 g/mol. The molecule has 0 unspecified atom stereocenters. The summed E-state index contributed by atoms with van der Waals surface area (Å²) < 4.78 is 9.50. The van der Waals surface area contributed by atoms with Crippen LogP contribution in [-0.2, 0) is 27.4 Å². The number of rotatable bonds is 17. The Morgan fingerprint density at radius 2 is 1.22 bits per heavy atom. The number of hydrogen-bond acceptors (Lipinski definition) is 8. The molecule has 0 bridgehead atoms. The average Bonchev–Trinajstić information content (AvgIpc) is 3.94. The topological polar surface area (TPSA) is 158 Å². The second kappa shape index (κ2) is 19.3. The van der Waals surface area contributed by atoms with Crippen molar-refractivity contribution in [2.24, 2.45) is 0 Å². The largest absolute Gasteiger partial charge is 0.453 e. The Kier molecular flexibility index (Phi) is 13.6. The molecule has 58 heavy (non-hydrogen) atoms. The van der Waals surface area contributed by atoms with Crippen LogP contribution in [0.25, 0.3) is 44.4 Å². The van der Waals surface area contributed by atoms with Gasteiger partial charge in [-0.25, -0.2) is 19.6 Å². The Balaban J connectivity index is 1.12. The molecule has 0 saturated carbocycles. The zero-order chi connectivity index (χ0) is 41.0. The molecule has 0 spiro atoms. The predicted molar refractivity (Wildman–Crippen MR) is 225 cm³/mol. The molecule has 6 rings (SSSR count). The lowest BCUT2D eigenvalue weighted by Gasteiger charge is -2.31.